The normalized spacial score (nSPS) is 12.2. The summed E-state index contributed by atoms with van der Waals surface area (Å²) in [5.41, 5.74) is 0.0833. The minimum Gasteiger partial charge on any atom is -0.464 e. The highest BCUT2D eigenvalue weighted by molar-refractivity contribution is 5.86. The van der Waals surface area contributed by atoms with Gasteiger partial charge < -0.3 is 14.4 Å². The van der Waals surface area contributed by atoms with Gasteiger partial charge in [0.2, 0.25) is 0 Å². The Balaban J connectivity index is 2.95. The Kier molecular flexibility index (Phi) is 3.51. The number of imidazole rings is 1. The summed E-state index contributed by atoms with van der Waals surface area (Å²) >= 11 is 0. The van der Waals surface area contributed by atoms with Crippen LogP contribution in [0, 0.1) is 4.91 Å². The number of hydrogen-bond donors (Lipinski definition) is 1. The second-order valence-electron chi connectivity index (χ2n) is 2.91. The molecule has 0 amide bonds. The first-order valence-corrected chi connectivity index (χ1v) is 4.19. The van der Waals surface area contributed by atoms with Gasteiger partial charge in [-0.3, -0.25) is 0 Å². The summed E-state index contributed by atoms with van der Waals surface area (Å²) in [6, 6.07) is 0. The van der Waals surface area contributed by atoms with Gasteiger partial charge in [0.25, 0.3) is 0 Å². The molecule has 0 aliphatic rings. The smallest absolute Gasteiger partial charge is 0.358 e. The minimum atomic E-state index is -1.11. The molecule has 0 aromatic carbocycles. The average molecular weight is 213 g/mol. The zero-order valence-corrected chi connectivity index (χ0v) is 8.38. The maximum absolute atomic E-state index is 11.1. The van der Waals surface area contributed by atoms with Gasteiger partial charge in [-0.15, -0.1) is 0 Å². The SMILES string of the molecule is COC(=O)c1cn(C)c(C(O)CN=O)n1. The zero-order valence-electron chi connectivity index (χ0n) is 8.38. The van der Waals surface area contributed by atoms with Crippen LogP contribution in [0.2, 0.25) is 0 Å². The lowest BCUT2D eigenvalue weighted by molar-refractivity contribution is 0.0594. The van der Waals surface area contributed by atoms with Gasteiger partial charge in [0.1, 0.15) is 18.5 Å². The molecule has 1 aromatic heterocycles. The van der Waals surface area contributed by atoms with Gasteiger partial charge in [-0.1, -0.05) is 5.18 Å². The Labute approximate surface area is 85.7 Å². The van der Waals surface area contributed by atoms with Crippen molar-refractivity contribution in [2.24, 2.45) is 12.2 Å². The molecule has 0 aliphatic heterocycles. The number of hydrogen-bond acceptors (Lipinski definition) is 6. The first-order valence-electron chi connectivity index (χ1n) is 4.19. The predicted octanol–water partition coefficient (Wildman–Crippen LogP) is 0.00650. The van der Waals surface area contributed by atoms with Crippen LogP contribution in [0.4, 0.5) is 0 Å². The number of aryl methyl sites for hydroxylation is 1. The summed E-state index contributed by atoms with van der Waals surface area (Å²) in [6.07, 6.45) is 0.306. The Morgan fingerprint density at radius 3 is 3.00 bits per heavy atom. The second-order valence-corrected chi connectivity index (χ2v) is 2.91. The van der Waals surface area contributed by atoms with Crippen molar-refractivity contribution >= 4 is 5.97 Å². The third-order valence-corrected chi connectivity index (χ3v) is 1.85. The van der Waals surface area contributed by atoms with Crippen molar-refractivity contribution in [2.75, 3.05) is 13.7 Å². The summed E-state index contributed by atoms with van der Waals surface area (Å²) in [5.74, 6) is -0.391. The highest BCUT2D eigenvalue weighted by atomic mass is 16.5. The first kappa shape index (κ1) is 11.3. The summed E-state index contributed by atoms with van der Waals surface area (Å²) in [4.78, 5) is 24.9. The molecule has 7 heteroatoms. The van der Waals surface area contributed by atoms with Gasteiger partial charge in [-0.05, 0) is 0 Å². The zero-order chi connectivity index (χ0) is 11.4. The number of nitrogens with zero attached hydrogens (tertiary/aromatic N) is 3. The van der Waals surface area contributed by atoms with Crippen LogP contribution < -0.4 is 0 Å². The van der Waals surface area contributed by atoms with Gasteiger partial charge in [-0.25, -0.2) is 9.78 Å². The van der Waals surface area contributed by atoms with E-state index in [-0.39, 0.29) is 18.1 Å². The fourth-order valence-electron chi connectivity index (χ4n) is 1.15. The van der Waals surface area contributed by atoms with Crippen molar-refractivity contribution in [3.05, 3.63) is 22.6 Å². The van der Waals surface area contributed by atoms with Crippen molar-refractivity contribution in [2.45, 2.75) is 6.10 Å². The van der Waals surface area contributed by atoms with E-state index in [1.807, 2.05) is 0 Å². The molecule has 1 unspecified atom stereocenters. The molecule has 0 fully saturated rings. The van der Waals surface area contributed by atoms with Crippen LogP contribution in [-0.4, -0.2) is 34.3 Å². The largest absolute Gasteiger partial charge is 0.464 e. The average Bonchev–Trinajstić information content (AvgIpc) is 2.59. The van der Waals surface area contributed by atoms with Crippen LogP contribution in [-0.2, 0) is 11.8 Å². The van der Waals surface area contributed by atoms with Crippen LogP contribution in [0.5, 0.6) is 0 Å². The van der Waals surface area contributed by atoms with E-state index in [1.165, 1.54) is 17.9 Å². The Morgan fingerprint density at radius 1 is 1.80 bits per heavy atom. The molecule has 1 rings (SSSR count). The number of esters is 1. The standard InChI is InChI=1S/C8H11N3O4/c1-11-4-5(8(13)15-2)10-7(11)6(12)3-9-14/h4,6,12H,3H2,1-2H3. The predicted molar refractivity (Wildman–Crippen MR) is 50.2 cm³/mol. The van der Waals surface area contributed by atoms with Crippen molar-refractivity contribution in [3.8, 4) is 0 Å². The minimum absolute atomic E-state index is 0.0833. The Hall–Kier alpha value is -1.76. The number of carbonyl (C=O) groups excluding carboxylic acids is 1. The van der Waals surface area contributed by atoms with Crippen molar-refractivity contribution in [1.82, 2.24) is 9.55 Å². The lowest BCUT2D eigenvalue weighted by Gasteiger charge is -2.04. The molecule has 1 N–H and O–H groups in total. The van der Waals surface area contributed by atoms with Gasteiger partial charge >= 0.3 is 5.97 Å². The van der Waals surface area contributed by atoms with Gasteiger partial charge in [-0.2, -0.15) is 4.91 Å². The third kappa shape index (κ3) is 2.38. The number of aromatic nitrogens is 2. The summed E-state index contributed by atoms with van der Waals surface area (Å²) in [5, 5.41) is 12.0. The number of methoxy groups -OCH3 is 1. The highest BCUT2D eigenvalue weighted by Gasteiger charge is 2.18. The van der Waals surface area contributed by atoms with E-state index in [4.69, 9.17) is 0 Å². The number of carbonyl (C=O) groups is 1. The Morgan fingerprint density at radius 2 is 2.47 bits per heavy atom. The molecule has 0 saturated carbocycles. The monoisotopic (exact) mass is 213 g/mol. The van der Waals surface area contributed by atoms with Gasteiger partial charge in [0.05, 0.1) is 7.11 Å². The number of nitroso groups, excluding NO2 is 1. The lowest BCUT2D eigenvalue weighted by atomic mass is 10.3. The molecule has 82 valence electrons. The molecule has 1 heterocycles. The van der Waals surface area contributed by atoms with Crippen molar-refractivity contribution in [1.29, 1.82) is 0 Å². The maximum atomic E-state index is 11.1. The number of rotatable bonds is 4. The lowest BCUT2D eigenvalue weighted by Crippen LogP contribution is -2.08. The maximum Gasteiger partial charge on any atom is 0.358 e. The molecule has 15 heavy (non-hydrogen) atoms. The highest BCUT2D eigenvalue weighted by Crippen LogP contribution is 2.12. The molecule has 0 spiro atoms. The van der Waals surface area contributed by atoms with E-state index < -0.39 is 12.1 Å². The van der Waals surface area contributed by atoms with Gasteiger partial charge in [0, 0.05) is 13.2 Å². The third-order valence-electron chi connectivity index (χ3n) is 1.85. The molecule has 1 atom stereocenters. The Bertz CT molecular complexity index is 374. The number of ether oxygens (including phenoxy) is 1. The number of aliphatic hydroxyl groups is 1. The fraction of sp³-hybridized carbons (Fsp3) is 0.500. The van der Waals surface area contributed by atoms with Crippen molar-refractivity contribution in [3.63, 3.8) is 0 Å². The second kappa shape index (κ2) is 4.65. The molecular formula is C8H11N3O4. The van der Waals surface area contributed by atoms with Crippen LogP contribution in [0.3, 0.4) is 0 Å². The van der Waals surface area contributed by atoms with E-state index >= 15 is 0 Å². The van der Waals surface area contributed by atoms with Crippen LogP contribution in [0.25, 0.3) is 0 Å². The number of aliphatic hydroxyl groups excluding tert-OH is 1. The van der Waals surface area contributed by atoms with Crippen LogP contribution >= 0.6 is 0 Å². The van der Waals surface area contributed by atoms with Crippen LogP contribution in [0.1, 0.15) is 22.4 Å². The van der Waals surface area contributed by atoms with E-state index in [2.05, 4.69) is 14.9 Å². The van der Waals surface area contributed by atoms with E-state index in [0.717, 1.165) is 0 Å². The molecule has 0 saturated heterocycles. The molecule has 0 radical (unpaired) electrons. The van der Waals surface area contributed by atoms with E-state index in [9.17, 15) is 14.8 Å². The summed E-state index contributed by atoms with van der Waals surface area (Å²) < 4.78 is 5.91. The molecular weight excluding hydrogens is 202 g/mol. The topological polar surface area (TPSA) is 93.8 Å². The van der Waals surface area contributed by atoms with Crippen LogP contribution in [0.15, 0.2) is 11.4 Å². The first-order chi connectivity index (χ1) is 7.10. The summed E-state index contributed by atoms with van der Waals surface area (Å²) in [6.45, 7) is -0.300. The van der Waals surface area contributed by atoms with Crippen molar-refractivity contribution < 1.29 is 14.6 Å². The quantitative estimate of drug-likeness (QED) is 0.561. The van der Waals surface area contributed by atoms with Gasteiger partial charge in [0.15, 0.2) is 5.69 Å². The molecule has 0 aliphatic carbocycles. The molecule has 0 bridgehead atoms. The van der Waals surface area contributed by atoms with E-state index in [1.54, 1.807) is 7.05 Å². The van der Waals surface area contributed by atoms with E-state index in [0.29, 0.717) is 0 Å². The summed E-state index contributed by atoms with van der Waals surface area (Å²) in [7, 11) is 2.84. The molecule has 1 aromatic rings. The fourth-order valence-corrected chi connectivity index (χ4v) is 1.15. The molecule has 7 nitrogen and oxygen atoms in total.